The third kappa shape index (κ3) is 3.12. The van der Waals surface area contributed by atoms with Gasteiger partial charge in [0.15, 0.2) is 0 Å². The molecule has 4 heteroatoms. The molecule has 0 unspecified atom stereocenters. The summed E-state index contributed by atoms with van der Waals surface area (Å²) in [6, 6.07) is 3.24. The van der Waals surface area contributed by atoms with Crippen molar-refractivity contribution in [3.63, 3.8) is 0 Å². The van der Waals surface area contributed by atoms with Gasteiger partial charge in [-0.05, 0) is 18.9 Å². The molecule has 0 aromatic carbocycles. The topological polar surface area (TPSA) is 56.0 Å². The van der Waals surface area contributed by atoms with E-state index in [-0.39, 0.29) is 5.69 Å². The Bertz CT molecular complexity index is 295. The van der Waals surface area contributed by atoms with Crippen molar-refractivity contribution in [1.82, 2.24) is 4.98 Å². The first-order valence-electron chi connectivity index (χ1n) is 4.83. The van der Waals surface area contributed by atoms with Gasteiger partial charge in [-0.15, -0.1) is 0 Å². The fourth-order valence-electron chi connectivity index (χ4n) is 1.23. The lowest BCUT2D eigenvalue weighted by atomic mass is 10.1. The van der Waals surface area contributed by atoms with Crippen LogP contribution in [0.15, 0.2) is 18.3 Å². The standard InChI is InChI=1S/C10H14N2O2/c1-2-3-4-5-9-6-7-10(8-11-9)12(13)14/h6-8H,2-5H2,1H3. The van der Waals surface area contributed by atoms with E-state index >= 15 is 0 Å². The molecular formula is C10H14N2O2. The maximum atomic E-state index is 10.3. The number of hydrogen-bond donors (Lipinski definition) is 0. The van der Waals surface area contributed by atoms with Gasteiger partial charge < -0.3 is 0 Å². The van der Waals surface area contributed by atoms with Gasteiger partial charge in [0, 0.05) is 11.8 Å². The molecule has 76 valence electrons. The van der Waals surface area contributed by atoms with Gasteiger partial charge in [0.1, 0.15) is 6.20 Å². The van der Waals surface area contributed by atoms with Gasteiger partial charge >= 0.3 is 0 Å². The number of aromatic nitrogens is 1. The van der Waals surface area contributed by atoms with E-state index < -0.39 is 4.92 Å². The molecule has 0 radical (unpaired) electrons. The van der Waals surface area contributed by atoms with Crippen LogP contribution in [0.5, 0.6) is 0 Å². The van der Waals surface area contributed by atoms with Crippen LogP contribution in [-0.2, 0) is 6.42 Å². The summed E-state index contributed by atoms with van der Waals surface area (Å²) >= 11 is 0. The van der Waals surface area contributed by atoms with Crippen molar-refractivity contribution < 1.29 is 4.92 Å². The summed E-state index contributed by atoms with van der Waals surface area (Å²) in [5.41, 5.74) is 0.994. The molecule has 0 saturated heterocycles. The van der Waals surface area contributed by atoms with E-state index in [2.05, 4.69) is 11.9 Å². The van der Waals surface area contributed by atoms with Crippen molar-refractivity contribution in [1.29, 1.82) is 0 Å². The molecule has 0 atom stereocenters. The second-order valence-electron chi connectivity index (χ2n) is 3.22. The lowest BCUT2D eigenvalue weighted by Gasteiger charge is -1.98. The average molecular weight is 194 g/mol. The zero-order chi connectivity index (χ0) is 10.4. The van der Waals surface area contributed by atoms with E-state index in [0.717, 1.165) is 18.5 Å². The summed E-state index contributed by atoms with van der Waals surface area (Å²) in [4.78, 5) is 13.9. The predicted octanol–water partition coefficient (Wildman–Crippen LogP) is 2.72. The molecule has 0 bridgehead atoms. The van der Waals surface area contributed by atoms with Gasteiger partial charge in [-0.3, -0.25) is 15.1 Å². The van der Waals surface area contributed by atoms with Crippen LogP contribution in [0.1, 0.15) is 31.9 Å². The first kappa shape index (κ1) is 10.6. The second kappa shape index (κ2) is 5.32. The van der Waals surface area contributed by atoms with Crippen LogP contribution in [-0.4, -0.2) is 9.91 Å². The summed E-state index contributed by atoms with van der Waals surface area (Å²) in [5, 5.41) is 10.3. The minimum absolute atomic E-state index is 0.0595. The van der Waals surface area contributed by atoms with Crippen molar-refractivity contribution in [2.75, 3.05) is 0 Å². The molecule has 0 saturated carbocycles. The van der Waals surface area contributed by atoms with E-state index in [4.69, 9.17) is 0 Å². The third-order valence-electron chi connectivity index (χ3n) is 2.06. The van der Waals surface area contributed by atoms with Crippen molar-refractivity contribution in [2.24, 2.45) is 0 Å². The highest BCUT2D eigenvalue weighted by Gasteiger charge is 2.04. The molecule has 0 amide bonds. The molecule has 0 aliphatic carbocycles. The first-order valence-corrected chi connectivity index (χ1v) is 4.83. The highest BCUT2D eigenvalue weighted by Crippen LogP contribution is 2.10. The van der Waals surface area contributed by atoms with Crippen molar-refractivity contribution in [3.8, 4) is 0 Å². The van der Waals surface area contributed by atoms with E-state index in [0.29, 0.717) is 0 Å². The van der Waals surface area contributed by atoms with Crippen molar-refractivity contribution in [2.45, 2.75) is 32.6 Å². The Hall–Kier alpha value is -1.45. The molecule has 4 nitrogen and oxygen atoms in total. The van der Waals surface area contributed by atoms with Crippen molar-refractivity contribution >= 4 is 5.69 Å². The van der Waals surface area contributed by atoms with Crippen LogP contribution in [0.25, 0.3) is 0 Å². The second-order valence-corrected chi connectivity index (χ2v) is 3.22. The molecular weight excluding hydrogens is 180 g/mol. The monoisotopic (exact) mass is 194 g/mol. The lowest BCUT2D eigenvalue weighted by molar-refractivity contribution is -0.385. The average Bonchev–Trinajstić information content (AvgIpc) is 2.19. The zero-order valence-electron chi connectivity index (χ0n) is 8.27. The van der Waals surface area contributed by atoms with Gasteiger partial charge in [0.25, 0.3) is 5.69 Å². The molecule has 0 aliphatic heterocycles. The Morgan fingerprint density at radius 3 is 2.71 bits per heavy atom. The molecule has 0 N–H and O–H groups in total. The van der Waals surface area contributed by atoms with Gasteiger partial charge in [-0.2, -0.15) is 0 Å². The van der Waals surface area contributed by atoms with Crippen molar-refractivity contribution in [3.05, 3.63) is 34.1 Å². The Morgan fingerprint density at radius 1 is 1.43 bits per heavy atom. The van der Waals surface area contributed by atoms with Crippen LogP contribution in [0.2, 0.25) is 0 Å². The molecule has 1 heterocycles. The number of aryl methyl sites for hydroxylation is 1. The Kier molecular flexibility index (Phi) is 4.04. The fraction of sp³-hybridized carbons (Fsp3) is 0.500. The van der Waals surface area contributed by atoms with E-state index in [9.17, 15) is 10.1 Å². The molecule has 1 rings (SSSR count). The SMILES string of the molecule is CCCCCc1ccc([N+](=O)[O-])cn1. The fourth-order valence-corrected chi connectivity index (χ4v) is 1.23. The number of hydrogen-bond acceptors (Lipinski definition) is 3. The highest BCUT2D eigenvalue weighted by molar-refractivity contribution is 5.26. The van der Waals surface area contributed by atoms with Gasteiger partial charge in [-0.25, -0.2) is 0 Å². The van der Waals surface area contributed by atoms with Gasteiger partial charge in [-0.1, -0.05) is 19.8 Å². The van der Waals surface area contributed by atoms with Gasteiger partial charge in [0.05, 0.1) is 4.92 Å². The van der Waals surface area contributed by atoms with E-state index in [1.807, 2.05) is 0 Å². The van der Waals surface area contributed by atoms with E-state index in [1.54, 1.807) is 6.07 Å². The quantitative estimate of drug-likeness (QED) is 0.411. The maximum Gasteiger partial charge on any atom is 0.287 e. The first-order chi connectivity index (χ1) is 6.74. The largest absolute Gasteiger partial charge is 0.287 e. The number of nitrogens with zero attached hydrogens (tertiary/aromatic N) is 2. The summed E-state index contributed by atoms with van der Waals surface area (Å²) < 4.78 is 0. The molecule has 0 aliphatic rings. The molecule has 14 heavy (non-hydrogen) atoms. The smallest absolute Gasteiger partial charge is 0.258 e. The number of unbranched alkanes of at least 4 members (excludes halogenated alkanes) is 2. The Balaban J connectivity index is 2.51. The minimum atomic E-state index is -0.428. The molecule has 0 spiro atoms. The van der Waals surface area contributed by atoms with Crippen LogP contribution >= 0.6 is 0 Å². The lowest BCUT2D eigenvalue weighted by Crippen LogP contribution is -1.93. The molecule has 1 aromatic rings. The van der Waals surface area contributed by atoms with Crippen LogP contribution in [0.3, 0.4) is 0 Å². The third-order valence-corrected chi connectivity index (χ3v) is 2.06. The summed E-state index contributed by atoms with van der Waals surface area (Å²) in [5.74, 6) is 0. The van der Waals surface area contributed by atoms with E-state index in [1.165, 1.54) is 25.1 Å². The summed E-state index contributed by atoms with van der Waals surface area (Å²) in [6.45, 7) is 2.14. The minimum Gasteiger partial charge on any atom is -0.258 e. The number of nitro groups is 1. The Labute approximate surface area is 83.1 Å². The molecule has 1 aromatic heterocycles. The van der Waals surface area contributed by atoms with Gasteiger partial charge in [0.2, 0.25) is 0 Å². The molecule has 0 fully saturated rings. The van der Waals surface area contributed by atoms with Crippen LogP contribution in [0.4, 0.5) is 5.69 Å². The maximum absolute atomic E-state index is 10.3. The van der Waals surface area contributed by atoms with Crippen LogP contribution < -0.4 is 0 Å². The highest BCUT2D eigenvalue weighted by atomic mass is 16.6. The van der Waals surface area contributed by atoms with Crippen LogP contribution in [0, 0.1) is 10.1 Å². The Morgan fingerprint density at radius 2 is 2.21 bits per heavy atom. The predicted molar refractivity (Wildman–Crippen MR) is 54.1 cm³/mol. The summed E-state index contributed by atoms with van der Waals surface area (Å²) in [6.07, 6.45) is 5.68. The number of pyridine rings is 1. The number of rotatable bonds is 5. The summed E-state index contributed by atoms with van der Waals surface area (Å²) in [7, 11) is 0. The normalized spacial score (nSPS) is 10.1. The zero-order valence-corrected chi connectivity index (χ0v) is 8.27.